The molecule has 0 unspecified atom stereocenters. The van der Waals surface area contributed by atoms with E-state index < -0.39 is 5.97 Å². The van der Waals surface area contributed by atoms with E-state index >= 15 is 0 Å². The Bertz CT molecular complexity index is 987. The lowest BCUT2D eigenvalue weighted by Gasteiger charge is -2.03. The molecule has 4 rings (SSSR count). The van der Waals surface area contributed by atoms with Crippen LogP contribution in [0.15, 0.2) is 35.0 Å². The molecule has 0 aliphatic heterocycles. The molecule has 1 saturated carbocycles. The van der Waals surface area contributed by atoms with Gasteiger partial charge in [-0.2, -0.15) is 0 Å². The third-order valence-electron chi connectivity index (χ3n) is 4.29. The standard InChI is InChI=1S/C19H14ClNO3S2/c20-13-5-3-11(4-6-13)17-16(19(23)24)12(8-25-17)7-15(22)18-21-14(9-26-18)10-1-2-10/h3-6,8-10H,1-2,7H2,(H,23,24). The van der Waals surface area contributed by atoms with Gasteiger partial charge in [0.1, 0.15) is 0 Å². The first-order valence-electron chi connectivity index (χ1n) is 8.11. The molecule has 4 nitrogen and oxygen atoms in total. The minimum absolute atomic E-state index is 0.0450. The van der Waals surface area contributed by atoms with Crippen molar-refractivity contribution in [3.05, 3.63) is 61.9 Å². The molecule has 2 aromatic heterocycles. The molecule has 1 fully saturated rings. The molecule has 0 amide bonds. The zero-order valence-corrected chi connectivity index (χ0v) is 16.0. The number of carbonyl (C=O) groups excluding carboxylic acids is 1. The Morgan fingerprint density at radius 3 is 2.54 bits per heavy atom. The molecule has 0 atom stereocenters. The molecule has 1 aromatic carbocycles. The van der Waals surface area contributed by atoms with Crippen molar-refractivity contribution < 1.29 is 14.7 Å². The van der Waals surface area contributed by atoms with Gasteiger partial charge in [-0.15, -0.1) is 22.7 Å². The number of aromatic nitrogens is 1. The van der Waals surface area contributed by atoms with Crippen LogP contribution in [-0.2, 0) is 6.42 Å². The van der Waals surface area contributed by atoms with Gasteiger partial charge in [0.2, 0.25) is 0 Å². The number of hydrogen-bond acceptors (Lipinski definition) is 5. The van der Waals surface area contributed by atoms with Crippen molar-refractivity contribution >= 4 is 46.0 Å². The number of aromatic carboxylic acids is 1. The highest BCUT2D eigenvalue weighted by molar-refractivity contribution is 7.14. The van der Waals surface area contributed by atoms with E-state index in [4.69, 9.17) is 11.6 Å². The Labute approximate surface area is 163 Å². The van der Waals surface area contributed by atoms with Gasteiger partial charge in [-0.05, 0) is 41.5 Å². The fraction of sp³-hybridized carbons (Fsp3) is 0.211. The second-order valence-corrected chi connectivity index (χ2v) is 8.40. The molecule has 0 saturated heterocycles. The third kappa shape index (κ3) is 3.45. The zero-order valence-electron chi connectivity index (χ0n) is 13.6. The molecule has 2 heterocycles. The number of halogens is 1. The van der Waals surface area contributed by atoms with Crippen molar-refractivity contribution in [1.82, 2.24) is 4.98 Å². The number of carboxylic acid groups (broad SMARTS) is 1. The molecule has 1 aliphatic rings. The summed E-state index contributed by atoms with van der Waals surface area (Å²) in [5.41, 5.74) is 2.48. The minimum Gasteiger partial charge on any atom is -0.478 e. The molecule has 0 bridgehead atoms. The number of thiazole rings is 1. The van der Waals surface area contributed by atoms with E-state index in [1.54, 1.807) is 29.6 Å². The molecule has 26 heavy (non-hydrogen) atoms. The normalized spacial score (nSPS) is 13.7. The second-order valence-electron chi connectivity index (χ2n) is 6.23. The first-order valence-corrected chi connectivity index (χ1v) is 10.2. The molecule has 1 aliphatic carbocycles. The number of rotatable bonds is 6. The number of Topliss-reactive ketones (excluding diaryl/α,β-unsaturated/α-hetero) is 1. The molecular formula is C19H14ClNO3S2. The van der Waals surface area contributed by atoms with E-state index in [9.17, 15) is 14.7 Å². The number of nitrogens with zero attached hydrogens (tertiary/aromatic N) is 1. The fourth-order valence-electron chi connectivity index (χ4n) is 2.80. The van der Waals surface area contributed by atoms with E-state index in [1.165, 1.54) is 22.7 Å². The number of carboxylic acids is 1. The fourth-order valence-corrected chi connectivity index (χ4v) is 4.84. The maximum Gasteiger partial charge on any atom is 0.337 e. The second kappa shape index (κ2) is 6.95. The quantitative estimate of drug-likeness (QED) is 0.550. The Morgan fingerprint density at radius 1 is 1.15 bits per heavy atom. The largest absolute Gasteiger partial charge is 0.478 e. The van der Waals surface area contributed by atoms with Gasteiger partial charge in [0.05, 0.1) is 11.3 Å². The Balaban J connectivity index is 1.62. The minimum atomic E-state index is -1.03. The number of hydrogen-bond donors (Lipinski definition) is 1. The van der Waals surface area contributed by atoms with E-state index in [-0.39, 0.29) is 17.8 Å². The van der Waals surface area contributed by atoms with Crippen LogP contribution in [0.1, 0.15) is 50.2 Å². The Kier molecular flexibility index (Phi) is 4.65. The van der Waals surface area contributed by atoms with Crippen molar-refractivity contribution in [3.63, 3.8) is 0 Å². The van der Waals surface area contributed by atoms with Crippen LogP contribution in [0.3, 0.4) is 0 Å². The number of carbonyl (C=O) groups is 2. The van der Waals surface area contributed by atoms with Crippen molar-refractivity contribution in [3.8, 4) is 10.4 Å². The van der Waals surface area contributed by atoms with Crippen LogP contribution in [-0.4, -0.2) is 21.8 Å². The number of thiophene rings is 1. The van der Waals surface area contributed by atoms with E-state index in [1.807, 2.05) is 5.38 Å². The summed E-state index contributed by atoms with van der Waals surface area (Å²) in [5, 5.41) is 14.4. The van der Waals surface area contributed by atoms with Crippen molar-refractivity contribution in [2.24, 2.45) is 0 Å². The highest BCUT2D eigenvalue weighted by Gasteiger charge is 2.28. The van der Waals surface area contributed by atoms with Gasteiger partial charge < -0.3 is 5.11 Å². The van der Waals surface area contributed by atoms with Crippen LogP contribution in [0.2, 0.25) is 5.02 Å². The van der Waals surface area contributed by atoms with Gasteiger partial charge in [0, 0.05) is 27.6 Å². The monoisotopic (exact) mass is 403 g/mol. The van der Waals surface area contributed by atoms with Gasteiger partial charge in [0.25, 0.3) is 0 Å². The smallest absolute Gasteiger partial charge is 0.337 e. The molecule has 1 N–H and O–H groups in total. The van der Waals surface area contributed by atoms with Crippen LogP contribution >= 0.6 is 34.3 Å². The average molecular weight is 404 g/mol. The summed E-state index contributed by atoms with van der Waals surface area (Å²) in [6.45, 7) is 0. The Hall–Kier alpha value is -2.02. The summed E-state index contributed by atoms with van der Waals surface area (Å²) < 4.78 is 0. The SMILES string of the molecule is O=C(Cc1csc(-c2ccc(Cl)cc2)c1C(=O)O)c1nc(C2CC2)cs1. The van der Waals surface area contributed by atoms with Crippen LogP contribution < -0.4 is 0 Å². The summed E-state index contributed by atoms with van der Waals surface area (Å²) in [5.74, 6) is -0.665. The van der Waals surface area contributed by atoms with Gasteiger partial charge in [0.15, 0.2) is 10.8 Å². The van der Waals surface area contributed by atoms with Crippen molar-refractivity contribution in [1.29, 1.82) is 0 Å². The molecule has 7 heteroatoms. The third-order valence-corrected chi connectivity index (χ3v) is 6.53. The van der Waals surface area contributed by atoms with Gasteiger partial charge in [-0.1, -0.05) is 23.7 Å². The van der Waals surface area contributed by atoms with Crippen LogP contribution in [0.4, 0.5) is 0 Å². The maximum atomic E-state index is 12.6. The van der Waals surface area contributed by atoms with E-state index in [0.717, 1.165) is 24.1 Å². The van der Waals surface area contributed by atoms with Gasteiger partial charge in [-0.3, -0.25) is 4.79 Å². The predicted octanol–water partition coefficient (Wildman–Crippen LogP) is 5.53. The Morgan fingerprint density at radius 2 is 1.88 bits per heavy atom. The summed E-state index contributed by atoms with van der Waals surface area (Å²) >= 11 is 8.58. The highest BCUT2D eigenvalue weighted by atomic mass is 35.5. The lowest BCUT2D eigenvalue weighted by molar-refractivity contribution is 0.0697. The average Bonchev–Trinajstić information content (AvgIpc) is 3.18. The van der Waals surface area contributed by atoms with Crippen LogP contribution in [0.25, 0.3) is 10.4 Å². The lowest BCUT2D eigenvalue weighted by Crippen LogP contribution is -2.08. The zero-order chi connectivity index (χ0) is 18.3. The van der Waals surface area contributed by atoms with E-state index in [0.29, 0.717) is 26.4 Å². The molecular weight excluding hydrogens is 390 g/mol. The first kappa shape index (κ1) is 17.4. The van der Waals surface area contributed by atoms with Crippen LogP contribution in [0, 0.1) is 0 Å². The van der Waals surface area contributed by atoms with E-state index in [2.05, 4.69) is 4.98 Å². The topological polar surface area (TPSA) is 67.3 Å². The molecule has 0 radical (unpaired) electrons. The summed E-state index contributed by atoms with van der Waals surface area (Å²) in [7, 11) is 0. The van der Waals surface area contributed by atoms with Crippen molar-refractivity contribution in [2.45, 2.75) is 25.2 Å². The lowest BCUT2D eigenvalue weighted by atomic mass is 10.0. The van der Waals surface area contributed by atoms with Gasteiger partial charge >= 0.3 is 5.97 Å². The van der Waals surface area contributed by atoms with Crippen molar-refractivity contribution in [2.75, 3.05) is 0 Å². The maximum absolute atomic E-state index is 12.6. The molecule has 0 spiro atoms. The molecule has 3 aromatic rings. The molecule has 132 valence electrons. The number of ketones is 1. The summed E-state index contributed by atoms with van der Waals surface area (Å²) in [6.07, 6.45) is 2.31. The highest BCUT2D eigenvalue weighted by Crippen LogP contribution is 2.40. The number of benzene rings is 1. The first-order chi connectivity index (χ1) is 12.5. The van der Waals surface area contributed by atoms with Gasteiger partial charge in [-0.25, -0.2) is 9.78 Å². The predicted molar refractivity (Wildman–Crippen MR) is 104 cm³/mol. The summed E-state index contributed by atoms with van der Waals surface area (Å²) in [6, 6.07) is 7.02. The van der Waals surface area contributed by atoms with Crippen LogP contribution in [0.5, 0.6) is 0 Å². The summed E-state index contributed by atoms with van der Waals surface area (Å²) in [4.78, 5) is 29.5.